The smallest absolute Gasteiger partial charge is 0.249 e. The number of hydrogen-bond donors (Lipinski definition) is 8. The normalized spacial score (nSPS) is 24.5. The van der Waals surface area contributed by atoms with Crippen molar-refractivity contribution < 1.29 is 47.7 Å². The van der Waals surface area contributed by atoms with Crippen molar-refractivity contribution in [3.63, 3.8) is 0 Å². The molecule has 4 bridgehead atoms. The first-order chi connectivity index (χ1) is 39.5. The first-order valence-corrected chi connectivity index (χ1v) is 27.9. The van der Waals surface area contributed by atoms with E-state index in [0.717, 1.165) is 24.0 Å². The van der Waals surface area contributed by atoms with Gasteiger partial charge in [0.05, 0.1) is 61.2 Å². The third-order valence-electron chi connectivity index (χ3n) is 16.0. The Labute approximate surface area is 484 Å². The van der Waals surface area contributed by atoms with Crippen molar-refractivity contribution in [2.45, 2.75) is 76.5 Å². The van der Waals surface area contributed by atoms with Gasteiger partial charge in [0.25, 0.3) is 0 Å². The number of anilines is 8. The summed E-state index contributed by atoms with van der Waals surface area (Å²) in [6.07, 6.45) is 14.8. The van der Waals surface area contributed by atoms with E-state index in [-0.39, 0.29) is 108 Å². The fourth-order valence-corrected chi connectivity index (χ4v) is 12.7. The van der Waals surface area contributed by atoms with Crippen LogP contribution in [0, 0.1) is 35.5 Å². The molecule has 4 heterocycles. The van der Waals surface area contributed by atoms with Crippen LogP contribution in [-0.2, 0) is 51.1 Å². The molecule has 4 aromatic rings. The summed E-state index contributed by atoms with van der Waals surface area (Å²) < 4.78 is 21.5. The first kappa shape index (κ1) is 58.8. The summed E-state index contributed by atoms with van der Waals surface area (Å²) in [5, 5.41) is 19.3. The molecule has 4 unspecified atom stereocenters. The van der Waals surface area contributed by atoms with Crippen LogP contribution in [0.2, 0.25) is 10.0 Å². The number of halogens is 2. The SMILES string of the molecule is CCN1C(=O)[C@@H](NC(=O)COC)CCc2c1ccc(Nc1ncc(Cl)c(NC3C4C=CC(C4)C3C(N)=O)n1)c2OC.CCN1C(=O)[C@H](NC(=O)COC)CCc2c1ccc(Nc1ncc(Cl)c(N[C@H]3[C@@H](C(N)=O)[C@@H]4C=C[C@H]3C4)n1)c2OC. The van der Waals surface area contributed by atoms with E-state index < -0.39 is 12.1 Å². The van der Waals surface area contributed by atoms with Crippen molar-refractivity contribution in [3.05, 3.63) is 82.1 Å². The van der Waals surface area contributed by atoms with Gasteiger partial charge < -0.3 is 72.1 Å². The van der Waals surface area contributed by atoms with Gasteiger partial charge in [-0.15, -0.1) is 0 Å². The Morgan fingerprint density at radius 3 is 1.35 bits per heavy atom. The second-order valence-corrected chi connectivity index (χ2v) is 21.6. The zero-order valence-electron chi connectivity index (χ0n) is 46.3. The molecular formula is C56H68Cl2N14O10. The lowest BCUT2D eigenvalue weighted by Crippen LogP contribution is -2.48. The van der Waals surface area contributed by atoms with Crippen LogP contribution in [0.1, 0.15) is 50.7 Å². The van der Waals surface area contributed by atoms with E-state index in [2.05, 4.69) is 76.1 Å². The van der Waals surface area contributed by atoms with Crippen molar-refractivity contribution in [1.29, 1.82) is 0 Å². The number of benzene rings is 2. The minimum absolute atomic E-state index is 0.111. The Kier molecular flexibility index (Phi) is 18.3. The molecule has 2 fully saturated rings. The summed E-state index contributed by atoms with van der Waals surface area (Å²) in [6, 6.07) is 5.48. The quantitative estimate of drug-likeness (QED) is 0.0551. The minimum Gasteiger partial charge on any atom is -0.494 e. The second-order valence-electron chi connectivity index (χ2n) is 20.8. The van der Waals surface area contributed by atoms with E-state index in [9.17, 15) is 28.8 Å². The van der Waals surface area contributed by atoms with Crippen LogP contribution < -0.4 is 62.6 Å². The highest BCUT2D eigenvalue weighted by molar-refractivity contribution is 6.33. The van der Waals surface area contributed by atoms with Gasteiger partial charge in [0.15, 0.2) is 11.6 Å². The molecule has 6 aliphatic rings. The molecule has 2 aromatic heterocycles. The summed E-state index contributed by atoms with van der Waals surface area (Å²) in [7, 11) is 5.98. The monoisotopic (exact) mass is 1170 g/mol. The van der Waals surface area contributed by atoms with Gasteiger partial charge in [-0.2, -0.15) is 9.97 Å². The van der Waals surface area contributed by atoms with Gasteiger partial charge in [0, 0.05) is 50.5 Å². The van der Waals surface area contributed by atoms with Crippen molar-refractivity contribution in [1.82, 2.24) is 30.6 Å². The lowest BCUT2D eigenvalue weighted by atomic mass is 9.88. The number of methoxy groups -OCH3 is 4. The highest BCUT2D eigenvalue weighted by Gasteiger charge is 2.49. The first-order valence-electron chi connectivity index (χ1n) is 27.2. The maximum atomic E-state index is 13.3. The predicted octanol–water partition coefficient (Wildman–Crippen LogP) is 4.80. The Hall–Kier alpha value is -7.80. The molecule has 2 aromatic carbocycles. The lowest BCUT2D eigenvalue weighted by molar-refractivity contribution is -0.130. The third-order valence-corrected chi connectivity index (χ3v) is 16.5. The van der Waals surface area contributed by atoms with Crippen LogP contribution in [0.3, 0.4) is 0 Å². The van der Waals surface area contributed by atoms with Gasteiger partial charge in [0.2, 0.25) is 47.3 Å². The summed E-state index contributed by atoms with van der Waals surface area (Å²) in [5.74, 6) is 0.482. The van der Waals surface area contributed by atoms with E-state index in [1.807, 2.05) is 26.0 Å². The minimum atomic E-state index is -0.690. The number of rotatable bonds is 20. The Morgan fingerprint density at radius 1 is 0.610 bits per heavy atom. The maximum Gasteiger partial charge on any atom is 0.249 e. The topological polar surface area (TPSA) is 322 Å². The Morgan fingerprint density at radius 2 is 1.00 bits per heavy atom. The number of aromatic nitrogens is 4. The van der Waals surface area contributed by atoms with Gasteiger partial charge in [-0.05, 0) is 100 Å². The summed E-state index contributed by atoms with van der Waals surface area (Å²) >= 11 is 12.9. The summed E-state index contributed by atoms with van der Waals surface area (Å²) in [6.45, 7) is 4.34. The summed E-state index contributed by atoms with van der Waals surface area (Å²) in [4.78, 5) is 96.5. The van der Waals surface area contributed by atoms with E-state index in [1.165, 1.54) is 26.6 Å². The van der Waals surface area contributed by atoms with Gasteiger partial charge >= 0.3 is 0 Å². The zero-order valence-corrected chi connectivity index (χ0v) is 47.8. The molecule has 10 N–H and O–H groups in total. The van der Waals surface area contributed by atoms with Gasteiger partial charge in [-0.25, -0.2) is 9.97 Å². The van der Waals surface area contributed by atoms with Crippen LogP contribution in [-0.4, -0.2) is 134 Å². The Balaban J connectivity index is 0.000000198. The van der Waals surface area contributed by atoms with Crippen LogP contribution >= 0.6 is 23.2 Å². The molecule has 26 heteroatoms. The average molecular weight is 1170 g/mol. The fraction of sp³-hybridized carbons (Fsp3) is 0.464. The summed E-state index contributed by atoms with van der Waals surface area (Å²) in [5.41, 5.74) is 15.7. The molecule has 10 rings (SSSR count). The lowest BCUT2D eigenvalue weighted by Gasteiger charge is -2.27. The van der Waals surface area contributed by atoms with Crippen molar-refractivity contribution in [3.8, 4) is 11.5 Å². The van der Waals surface area contributed by atoms with E-state index in [1.54, 1.807) is 36.2 Å². The molecule has 6 amide bonds. The number of likely N-dealkylation sites (N-methyl/N-ethyl adjacent to an activating group) is 2. The number of allylic oxidation sites excluding steroid dienone is 2. The van der Waals surface area contributed by atoms with E-state index in [0.29, 0.717) is 94.7 Å². The standard InChI is InChI=1S/2C28H34ClN7O5/c2*1-4-36-20-10-9-18(24(41-3)16(20)7-8-19(27(36)39)32-21(37)13-40-2)33-28-31-12-17(29)26(35-28)34-23-15-6-5-14(11-15)22(23)25(30)38/h2*5-6,9-10,12,14-15,19,22-23H,4,7-8,11,13H2,1-3H3,(H2,30,38)(H,32,37)(H2,31,33,34,35)/t14?,15?,19-,22?,23?;14-,15+,19-,22+,23-/m01/s1. The number of amides is 6. The molecule has 4 aliphatic carbocycles. The Bertz CT molecular complexity index is 2980. The second kappa shape index (κ2) is 25.6. The van der Waals surface area contributed by atoms with Crippen LogP contribution in [0.25, 0.3) is 0 Å². The predicted molar refractivity (Wildman–Crippen MR) is 309 cm³/mol. The largest absolute Gasteiger partial charge is 0.494 e. The van der Waals surface area contributed by atoms with Crippen LogP contribution in [0.5, 0.6) is 11.5 Å². The number of carbonyl (C=O) groups is 6. The molecule has 24 nitrogen and oxygen atoms in total. The number of nitrogens with one attached hydrogen (secondary N) is 6. The molecule has 10 atom stereocenters. The molecule has 82 heavy (non-hydrogen) atoms. The molecule has 0 saturated heterocycles. The number of ether oxygens (including phenoxy) is 4. The van der Waals surface area contributed by atoms with Crippen molar-refractivity contribution in [2.24, 2.45) is 47.0 Å². The molecule has 0 spiro atoms. The number of nitrogens with zero attached hydrogens (tertiary/aromatic N) is 6. The average Bonchev–Trinajstić information content (AvgIpc) is 4.42. The van der Waals surface area contributed by atoms with Crippen molar-refractivity contribution >= 4 is 105 Å². The third kappa shape index (κ3) is 12.1. The molecule has 436 valence electrons. The number of nitrogens with two attached hydrogens (primary N) is 2. The fourth-order valence-electron chi connectivity index (χ4n) is 12.4. The number of hydrogen-bond acceptors (Lipinski definition) is 18. The van der Waals surface area contributed by atoms with E-state index >= 15 is 0 Å². The highest BCUT2D eigenvalue weighted by Crippen LogP contribution is 2.48. The molecule has 2 aliphatic heterocycles. The van der Waals surface area contributed by atoms with Gasteiger partial charge in [0.1, 0.15) is 46.8 Å². The molecule has 2 saturated carbocycles. The number of primary amides is 2. The number of fused-ring (bicyclic) bond motifs is 6. The van der Waals surface area contributed by atoms with Gasteiger partial charge in [-0.3, -0.25) is 28.8 Å². The van der Waals surface area contributed by atoms with Crippen LogP contribution in [0.4, 0.5) is 46.3 Å². The van der Waals surface area contributed by atoms with E-state index in [4.69, 9.17) is 53.6 Å². The maximum absolute atomic E-state index is 13.3. The van der Waals surface area contributed by atoms with Crippen LogP contribution in [0.15, 0.2) is 61.0 Å². The highest BCUT2D eigenvalue weighted by atomic mass is 35.5. The van der Waals surface area contributed by atoms with Crippen molar-refractivity contribution in [2.75, 3.05) is 85.8 Å². The molecule has 0 radical (unpaired) electrons. The van der Waals surface area contributed by atoms with Gasteiger partial charge in [-0.1, -0.05) is 47.5 Å². The number of carbonyl (C=O) groups excluding carboxylic acids is 6. The molecular weight excluding hydrogens is 1100 g/mol. The zero-order chi connectivity index (χ0) is 58.5.